The summed E-state index contributed by atoms with van der Waals surface area (Å²) in [7, 11) is 0. The first-order chi connectivity index (χ1) is 9.61. The Hall–Kier alpha value is -1.76. The van der Waals surface area contributed by atoms with Gasteiger partial charge in [-0.3, -0.25) is 9.59 Å². The molecule has 0 aliphatic carbocycles. The molecule has 1 rings (SSSR count). The van der Waals surface area contributed by atoms with Gasteiger partial charge in [-0.1, -0.05) is 25.4 Å². The number of benzene rings is 1. The summed E-state index contributed by atoms with van der Waals surface area (Å²) in [6.07, 6.45) is -4.57. The van der Waals surface area contributed by atoms with Crippen LogP contribution in [0.3, 0.4) is 0 Å². The largest absolute Gasteiger partial charge is 0.416 e. The van der Waals surface area contributed by atoms with E-state index in [-0.39, 0.29) is 23.2 Å². The van der Waals surface area contributed by atoms with Crippen molar-refractivity contribution in [2.45, 2.75) is 20.0 Å². The summed E-state index contributed by atoms with van der Waals surface area (Å²) in [6.45, 7) is 3.95. The molecule has 0 aliphatic rings. The molecule has 0 atom stereocenters. The highest BCUT2D eigenvalue weighted by molar-refractivity contribution is 6.41. The third-order valence-corrected chi connectivity index (χ3v) is 2.75. The third kappa shape index (κ3) is 5.26. The number of halogens is 4. The van der Waals surface area contributed by atoms with E-state index >= 15 is 0 Å². The van der Waals surface area contributed by atoms with Crippen LogP contribution in [0.2, 0.25) is 5.02 Å². The highest BCUT2D eigenvalue weighted by Gasteiger charge is 2.31. The average molecular weight is 323 g/mol. The molecule has 0 aromatic heterocycles. The SMILES string of the molecule is CC(C)CNC(=O)C(=O)Nc1cc(C(F)(F)F)ccc1Cl. The number of nitrogens with one attached hydrogen (secondary N) is 2. The fourth-order valence-corrected chi connectivity index (χ4v) is 1.52. The van der Waals surface area contributed by atoms with E-state index in [0.717, 1.165) is 12.1 Å². The molecule has 0 bridgehead atoms. The molecule has 8 heteroatoms. The maximum Gasteiger partial charge on any atom is 0.416 e. The van der Waals surface area contributed by atoms with Crippen LogP contribution in [-0.2, 0) is 15.8 Å². The molecule has 0 unspecified atom stereocenters. The maximum atomic E-state index is 12.6. The molecule has 2 amide bonds. The number of anilines is 1. The molecule has 0 saturated carbocycles. The van der Waals surface area contributed by atoms with Gasteiger partial charge < -0.3 is 10.6 Å². The van der Waals surface area contributed by atoms with Crippen LogP contribution >= 0.6 is 11.6 Å². The Bertz CT molecular complexity index is 545. The molecule has 0 radical (unpaired) electrons. The van der Waals surface area contributed by atoms with Crippen molar-refractivity contribution in [3.05, 3.63) is 28.8 Å². The highest BCUT2D eigenvalue weighted by atomic mass is 35.5. The molecule has 1 aromatic rings. The summed E-state index contributed by atoms with van der Waals surface area (Å²) in [5.41, 5.74) is -1.24. The van der Waals surface area contributed by atoms with E-state index in [2.05, 4.69) is 10.6 Å². The molecule has 21 heavy (non-hydrogen) atoms. The quantitative estimate of drug-likeness (QED) is 0.840. The van der Waals surface area contributed by atoms with E-state index in [1.54, 1.807) is 0 Å². The molecule has 2 N–H and O–H groups in total. The number of amides is 2. The number of hydrogen-bond acceptors (Lipinski definition) is 2. The lowest BCUT2D eigenvalue weighted by Gasteiger charge is -2.12. The maximum absolute atomic E-state index is 12.6. The molecular weight excluding hydrogens is 309 g/mol. The van der Waals surface area contributed by atoms with Crippen molar-refractivity contribution in [3.8, 4) is 0 Å². The van der Waals surface area contributed by atoms with Crippen molar-refractivity contribution < 1.29 is 22.8 Å². The summed E-state index contributed by atoms with van der Waals surface area (Å²) in [5, 5.41) is 4.32. The van der Waals surface area contributed by atoms with Crippen LogP contribution in [0.1, 0.15) is 19.4 Å². The minimum absolute atomic E-state index is 0.0898. The molecule has 0 spiro atoms. The second-order valence-electron chi connectivity index (χ2n) is 4.75. The topological polar surface area (TPSA) is 58.2 Å². The zero-order chi connectivity index (χ0) is 16.2. The number of carbonyl (C=O) groups is 2. The Morgan fingerprint density at radius 1 is 1.24 bits per heavy atom. The number of rotatable bonds is 3. The molecule has 4 nitrogen and oxygen atoms in total. The van der Waals surface area contributed by atoms with Gasteiger partial charge in [0.05, 0.1) is 16.3 Å². The Morgan fingerprint density at radius 2 is 1.86 bits per heavy atom. The van der Waals surface area contributed by atoms with Gasteiger partial charge in [0, 0.05) is 6.54 Å². The van der Waals surface area contributed by atoms with Gasteiger partial charge in [-0.15, -0.1) is 0 Å². The Balaban J connectivity index is 2.82. The number of alkyl halides is 3. The van der Waals surface area contributed by atoms with Crippen molar-refractivity contribution in [3.63, 3.8) is 0 Å². The minimum atomic E-state index is -4.57. The Kier molecular flexibility index (Phi) is 5.60. The smallest absolute Gasteiger partial charge is 0.348 e. The lowest BCUT2D eigenvalue weighted by Crippen LogP contribution is -2.37. The summed E-state index contributed by atoms with van der Waals surface area (Å²) >= 11 is 5.71. The Labute approximate surface area is 124 Å². The van der Waals surface area contributed by atoms with Gasteiger partial charge in [0.2, 0.25) is 0 Å². The van der Waals surface area contributed by atoms with Crippen molar-refractivity contribution in [2.75, 3.05) is 11.9 Å². The van der Waals surface area contributed by atoms with Gasteiger partial charge in [0.25, 0.3) is 0 Å². The van der Waals surface area contributed by atoms with Crippen LogP contribution in [0, 0.1) is 5.92 Å². The van der Waals surface area contributed by atoms with Gasteiger partial charge >= 0.3 is 18.0 Å². The van der Waals surface area contributed by atoms with Crippen LogP contribution < -0.4 is 10.6 Å². The molecule has 0 aliphatic heterocycles. The normalized spacial score (nSPS) is 11.4. The minimum Gasteiger partial charge on any atom is -0.348 e. The predicted octanol–water partition coefficient (Wildman–Crippen LogP) is 3.07. The lowest BCUT2D eigenvalue weighted by atomic mass is 10.2. The molecule has 1 aromatic carbocycles. The summed E-state index contributed by atoms with van der Waals surface area (Å²) in [5.74, 6) is -1.87. The monoisotopic (exact) mass is 322 g/mol. The van der Waals surface area contributed by atoms with Gasteiger partial charge in [-0.05, 0) is 24.1 Å². The summed E-state index contributed by atoms with van der Waals surface area (Å²) in [4.78, 5) is 23.0. The van der Waals surface area contributed by atoms with E-state index in [0.29, 0.717) is 6.07 Å². The lowest BCUT2D eigenvalue weighted by molar-refractivity contribution is -0.137. The molecule has 0 saturated heterocycles. The van der Waals surface area contributed by atoms with E-state index in [1.807, 2.05) is 13.8 Å². The zero-order valence-corrected chi connectivity index (χ0v) is 12.1. The van der Waals surface area contributed by atoms with Crippen LogP contribution in [0.4, 0.5) is 18.9 Å². The van der Waals surface area contributed by atoms with E-state index < -0.39 is 23.6 Å². The van der Waals surface area contributed by atoms with Crippen LogP contribution in [0.5, 0.6) is 0 Å². The molecule has 0 fully saturated rings. The van der Waals surface area contributed by atoms with Crippen molar-refractivity contribution in [1.82, 2.24) is 5.32 Å². The van der Waals surface area contributed by atoms with Gasteiger partial charge in [-0.2, -0.15) is 13.2 Å². The summed E-state index contributed by atoms with van der Waals surface area (Å²) in [6, 6.07) is 2.47. The number of carbonyl (C=O) groups excluding carboxylic acids is 2. The molecule has 0 heterocycles. The van der Waals surface area contributed by atoms with E-state index in [1.165, 1.54) is 0 Å². The molecule has 116 valence electrons. The van der Waals surface area contributed by atoms with Gasteiger partial charge in [0.15, 0.2) is 0 Å². The third-order valence-electron chi connectivity index (χ3n) is 2.42. The first-order valence-corrected chi connectivity index (χ1v) is 6.45. The van der Waals surface area contributed by atoms with Crippen molar-refractivity contribution >= 4 is 29.1 Å². The second kappa shape index (κ2) is 6.80. The number of hydrogen-bond donors (Lipinski definition) is 2. The van der Waals surface area contributed by atoms with Crippen molar-refractivity contribution in [2.24, 2.45) is 5.92 Å². The molecular formula is C13H14ClF3N2O2. The van der Waals surface area contributed by atoms with E-state index in [9.17, 15) is 22.8 Å². The van der Waals surface area contributed by atoms with E-state index in [4.69, 9.17) is 11.6 Å². The first kappa shape index (κ1) is 17.3. The Morgan fingerprint density at radius 3 is 2.38 bits per heavy atom. The van der Waals surface area contributed by atoms with Crippen LogP contribution in [-0.4, -0.2) is 18.4 Å². The standard InChI is InChI=1S/C13H14ClF3N2O2/c1-7(2)6-18-11(20)12(21)19-10-5-8(13(15,16)17)3-4-9(10)14/h3-5,7H,6H2,1-2H3,(H,18,20)(H,19,21). The second-order valence-corrected chi connectivity index (χ2v) is 5.16. The fourth-order valence-electron chi connectivity index (χ4n) is 1.35. The van der Waals surface area contributed by atoms with Crippen molar-refractivity contribution in [1.29, 1.82) is 0 Å². The fraction of sp³-hybridized carbons (Fsp3) is 0.385. The van der Waals surface area contributed by atoms with Gasteiger partial charge in [-0.25, -0.2) is 0 Å². The van der Waals surface area contributed by atoms with Gasteiger partial charge in [0.1, 0.15) is 0 Å². The van der Waals surface area contributed by atoms with Crippen LogP contribution in [0.15, 0.2) is 18.2 Å². The summed E-state index contributed by atoms with van der Waals surface area (Å²) < 4.78 is 37.7. The zero-order valence-electron chi connectivity index (χ0n) is 11.3. The first-order valence-electron chi connectivity index (χ1n) is 6.07. The average Bonchev–Trinajstić information content (AvgIpc) is 2.36. The van der Waals surface area contributed by atoms with Crippen LogP contribution in [0.25, 0.3) is 0 Å². The predicted molar refractivity (Wildman–Crippen MR) is 72.9 cm³/mol. The highest BCUT2D eigenvalue weighted by Crippen LogP contribution is 2.33.